The van der Waals surface area contributed by atoms with E-state index in [1.54, 1.807) is 6.92 Å². The Kier molecular flexibility index (Phi) is 5.96. The molecule has 2 aromatic carbocycles. The Bertz CT molecular complexity index is 977. The number of carbonyl (C=O) groups is 1. The third-order valence-electron chi connectivity index (χ3n) is 4.06. The molecule has 0 saturated heterocycles. The summed E-state index contributed by atoms with van der Waals surface area (Å²) in [6.07, 6.45) is -0.816. The maximum Gasteiger partial charge on any atom is 0.339 e. The van der Waals surface area contributed by atoms with E-state index in [1.165, 1.54) is 57.7 Å². The number of halogens is 1. The largest absolute Gasteiger partial charge is 0.493 e. The first-order chi connectivity index (χ1) is 14.0. The van der Waals surface area contributed by atoms with E-state index in [4.69, 9.17) is 23.4 Å². The van der Waals surface area contributed by atoms with Crippen molar-refractivity contribution in [2.75, 3.05) is 21.3 Å². The molecule has 1 heterocycles. The number of hydrogen-bond donors (Lipinski definition) is 0. The minimum Gasteiger partial charge on any atom is -0.493 e. The zero-order valence-corrected chi connectivity index (χ0v) is 16.3. The van der Waals surface area contributed by atoms with Crippen LogP contribution in [0, 0.1) is 5.82 Å². The Balaban J connectivity index is 1.78. The third-order valence-corrected chi connectivity index (χ3v) is 4.06. The van der Waals surface area contributed by atoms with Crippen LogP contribution in [0.1, 0.15) is 29.3 Å². The minimum absolute atomic E-state index is 0.102. The smallest absolute Gasteiger partial charge is 0.339 e. The van der Waals surface area contributed by atoms with Crippen LogP contribution < -0.4 is 14.2 Å². The molecule has 1 aromatic heterocycles. The Morgan fingerprint density at radius 2 is 1.62 bits per heavy atom. The van der Waals surface area contributed by atoms with E-state index in [2.05, 4.69) is 10.2 Å². The van der Waals surface area contributed by atoms with Gasteiger partial charge in [-0.2, -0.15) is 0 Å². The maximum absolute atomic E-state index is 13.0. The highest BCUT2D eigenvalue weighted by atomic mass is 19.1. The van der Waals surface area contributed by atoms with Gasteiger partial charge in [0.2, 0.25) is 11.6 Å². The Hall–Kier alpha value is -3.62. The summed E-state index contributed by atoms with van der Waals surface area (Å²) in [7, 11) is 4.36. The normalized spacial score (nSPS) is 11.6. The molecule has 0 aliphatic heterocycles. The second kappa shape index (κ2) is 8.59. The molecular weight excluding hydrogens is 383 g/mol. The highest BCUT2D eigenvalue weighted by Crippen LogP contribution is 2.38. The zero-order valence-electron chi connectivity index (χ0n) is 16.3. The highest BCUT2D eigenvalue weighted by molar-refractivity contribution is 5.91. The van der Waals surface area contributed by atoms with E-state index in [9.17, 15) is 9.18 Å². The molecule has 3 aromatic rings. The summed E-state index contributed by atoms with van der Waals surface area (Å²) in [4.78, 5) is 12.6. The van der Waals surface area contributed by atoms with Crippen LogP contribution in [0.4, 0.5) is 4.39 Å². The fraction of sp³-hybridized carbons (Fsp3) is 0.250. The lowest BCUT2D eigenvalue weighted by atomic mass is 10.2. The molecule has 1 atom stereocenters. The lowest BCUT2D eigenvalue weighted by Gasteiger charge is -2.14. The first-order valence-electron chi connectivity index (χ1n) is 8.57. The maximum atomic E-state index is 13.0. The van der Waals surface area contributed by atoms with E-state index in [-0.39, 0.29) is 23.2 Å². The summed E-state index contributed by atoms with van der Waals surface area (Å²) in [6.45, 7) is 1.60. The van der Waals surface area contributed by atoms with E-state index >= 15 is 0 Å². The fourth-order valence-electron chi connectivity index (χ4n) is 2.59. The number of methoxy groups -OCH3 is 3. The summed E-state index contributed by atoms with van der Waals surface area (Å²) >= 11 is 0. The fourth-order valence-corrected chi connectivity index (χ4v) is 2.59. The Labute approximate surface area is 166 Å². The number of esters is 1. The molecule has 0 fully saturated rings. The van der Waals surface area contributed by atoms with Gasteiger partial charge in [0, 0.05) is 5.56 Å². The highest BCUT2D eigenvalue weighted by Gasteiger charge is 2.23. The van der Waals surface area contributed by atoms with Crippen LogP contribution in [0.25, 0.3) is 11.5 Å². The SMILES string of the molecule is COc1cc(C(=O)O[C@@H](C)c2nnc(-c3ccc(F)cc3)o2)cc(OC)c1OC. The van der Waals surface area contributed by atoms with Gasteiger partial charge in [-0.25, -0.2) is 9.18 Å². The average Bonchev–Trinajstić information content (AvgIpc) is 3.23. The van der Waals surface area contributed by atoms with Crippen LogP contribution in [-0.2, 0) is 4.74 Å². The number of carbonyl (C=O) groups excluding carboxylic acids is 1. The van der Waals surface area contributed by atoms with Gasteiger partial charge >= 0.3 is 5.97 Å². The van der Waals surface area contributed by atoms with Gasteiger partial charge in [0.1, 0.15) is 5.82 Å². The molecule has 152 valence electrons. The number of aromatic nitrogens is 2. The molecule has 0 aliphatic carbocycles. The molecule has 3 rings (SSSR count). The quantitative estimate of drug-likeness (QED) is 0.551. The van der Waals surface area contributed by atoms with Crippen LogP contribution in [0.5, 0.6) is 17.2 Å². The van der Waals surface area contributed by atoms with Crippen LogP contribution in [0.15, 0.2) is 40.8 Å². The first kappa shape index (κ1) is 20.1. The molecule has 0 spiro atoms. The molecular formula is C20H19FN2O6. The zero-order chi connectivity index (χ0) is 21.0. The topological polar surface area (TPSA) is 92.9 Å². The molecule has 29 heavy (non-hydrogen) atoms. The third kappa shape index (κ3) is 4.29. The summed E-state index contributed by atoms with van der Waals surface area (Å²) in [5.74, 6) is 0.284. The monoisotopic (exact) mass is 402 g/mol. The molecule has 0 saturated carbocycles. The molecule has 0 unspecified atom stereocenters. The Morgan fingerprint density at radius 1 is 1.00 bits per heavy atom. The van der Waals surface area contributed by atoms with Crippen molar-refractivity contribution >= 4 is 5.97 Å². The van der Waals surface area contributed by atoms with Crippen LogP contribution in [-0.4, -0.2) is 37.5 Å². The molecule has 0 amide bonds. The second-order valence-corrected chi connectivity index (χ2v) is 5.91. The van der Waals surface area contributed by atoms with Gasteiger partial charge in [-0.1, -0.05) is 0 Å². The van der Waals surface area contributed by atoms with Gasteiger partial charge in [0.15, 0.2) is 17.6 Å². The van der Waals surface area contributed by atoms with Gasteiger partial charge in [0.05, 0.1) is 26.9 Å². The van der Waals surface area contributed by atoms with Crippen LogP contribution in [0.2, 0.25) is 0 Å². The summed E-state index contributed by atoms with van der Waals surface area (Å²) in [6, 6.07) is 8.56. The van der Waals surface area contributed by atoms with Crippen molar-refractivity contribution in [3.63, 3.8) is 0 Å². The van der Waals surface area contributed by atoms with Crippen molar-refractivity contribution in [3.8, 4) is 28.7 Å². The Morgan fingerprint density at radius 3 is 2.17 bits per heavy atom. The number of benzene rings is 2. The van der Waals surface area contributed by atoms with Crippen molar-refractivity contribution in [1.29, 1.82) is 0 Å². The van der Waals surface area contributed by atoms with Gasteiger partial charge in [0.25, 0.3) is 5.89 Å². The van der Waals surface area contributed by atoms with E-state index < -0.39 is 12.1 Å². The van der Waals surface area contributed by atoms with Crippen molar-refractivity contribution in [1.82, 2.24) is 10.2 Å². The van der Waals surface area contributed by atoms with Gasteiger partial charge in [-0.3, -0.25) is 0 Å². The van der Waals surface area contributed by atoms with Crippen molar-refractivity contribution in [2.45, 2.75) is 13.0 Å². The van der Waals surface area contributed by atoms with Gasteiger partial charge in [-0.05, 0) is 43.3 Å². The summed E-state index contributed by atoms with van der Waals surface area (Å²) in [5.41, 5.74) is 0.748. The molecule has 0 N–H and O–H groups in total. The lowest BCUT2D eigenvalue weighted by molar-refractivity contribution is 0.0279. The van der Waals surface area contributed by atoms with Crippen molar-refractivity contribution in [3.05, 3.63) is 53.7 Å². The number of rotatable bonds is 7. The van der Waals surface area contributed by atoms with E-state index in [0.29, 0.717) is 22.8 Å². The summed E-state index contributed by atoms with van der Waals surface area (Å²) < 4.78 is 39.7. The van der Waals surface area contributed by atoms with Gasteiger partial charge in [-0.15, -0.1) is 10.2 Å². The first-order valence-corrected chi connectivity index (χ1v) is 8.57. The molecule has 0 aliphatic rings. The van der Waals surface area contributed by atoms with Crippen LogP contribution >= 0.6 is 0 Å². The minimum atomic E-state index is -0.816. The molecule has 8 nitrogen and oxygen atoms in total. The number of nitrogens with zero attached hydrogens (tertiary/aromatic N) is 2. The molecule has 0 bridgehead atoms. The number of hydrogen-bond acceptors (Lipinski definition) is 8. The van der Waals surface area contributed by atoms with Crippen molar-refractivity contribution < 1.29 is 32.5 Å². The lowest BCUT2D eigenvalue weighted by Crippen LogP contribution is -2.10. The van der Waals surface area contributed by atoms with E-state index in [0.717, 1.165) is 0 Å². The summed E-state index contributed by atoms with van der Waals surface area (Å²) in [5, 5.41) is 7.81. The predicted molar refractivity (Wildman–Crippen MR) is 99.6 cm³/mol. The van der Waals surface area contributed by atoms with E-state index in [1.807, 2.05) is 0 Å². The molecule has 9 heteroatoms. The second-order valence-electron chi connectivity index (χ2n) is 5.91. The average molecular weight is 402 g/mol. The number of ether oxygens (including phenoxy) is 4. The molecule has 0 radical (unpaired) electrons. The predicted octanol–water partition coefficient (Wildman–Crippen LogP) is 3.82. The van der Waals surface area contributed by atoms with Gasteiger partial charge < -0.3 is 23.4 Å². The van der Waals surface area contributed by atoms with Crippen molar-refractivity contribution in [2.24, 2.45) is 0 Å². The standard InChI is InChI=1S/C20H19FN2O6/c1-11(18-22-23-19(29-18)12-5-7-14(21)8-6-12)28-20(24)13-9-15(25-2)17(27-4)16(10-13)26-3/h5-11H,1-4H3/t11-/m0/s1. The van der Waals surface area contributed by atoms with Crippen LogP contribution in [0.3, 0.4) is 0 Å².